The van der Waals surface area contributed by atoms with E-state index >= 15 is 0 Å². The lowest BCUT2D eigenvalue weighted by Gasteiger charge is -2.29. The molecule has 180 valence electrons. The van der Waals surface area contributed by atoms with Crippen LogP contribution in [0.25, 0.3) is 0 Å². The number of benzene rings is 3. The smallest absolute Gasteiger partial charge is 0.259 e. The SMILES string of the molecule is C[C@@H]1CCCC[C@H]1NC(=O)c1ccc2c(c1)N(Cc1cccc(Cl)c1)C(=O)c1ccccc1[S@@]2=O. The quantitative estimate of drug-likeness (QED) is 0.473. The molecule has 1 fully saturated rings. The van der Waals surface area contributed by atoms with Crippen LogP contribution < -0.4 is 10.2 Å². The first-order valence-electron chi connectivity index (χ1n) is 11.9. The normalized spacial score (nSPS) is 21.6. The zero-order valence-electron chi connectivity index (χ0n) is 19.5. The Hall–Kier alpha value is -2.96. The van der Waals surface area contributed by atoms with E-state index in [0.717, 1.165) is 24.8 Å². The molecule has 0 unspecified atom stereocenters. The molecule has 1 heterocycles. The van der Waals surface area contributed by atoms with Gasteiger partial charge >= 0.3 is 0 Å². The second kappa shape index (κ2) is 9.96. The number of nitrogens with zero attached hydrogens (tertiary/aromatic N) is 1. The summed E-state index contributed by atoms with van der Waals surface area (Å²) in [6, 6.07) is 19.5. The molecular formula is C28H27ClN2O3S. The molecule has 1 aliphatic carbocycles. The molecule has 35 heavy (non-hydrogen) atoms. The first kappa shape index (κ1) is 23.8. The van der Waals surface area contributed by atoms with E-state index in [1.807, 2.05) is 18.2 Å². The van der Waals surface area contributed by atoms with Gasteiger partial charge in [-0.3, -0.25) is 9.59 Å². The summed E-state index contributed by atoms with van der Waals surface area (Å²) in [5, 5.41) is 3.76. The Morgan fingerprint density at radius 3 is 2.63 bits per heavy atom. The second-order valence-electron chi connectivity index (χ2n) is 9.31. The van der Waals surface area contributed by atoms with E-state index in [2.05, 4.69) is 12.2 Å². The largest absolute Gasteiger partial charge is 0.349 e. The molecule has 2 amide bonds. The van der Waals surface area contributed by atoms with Gasteiger partial charge in [0.25, 0.3) is 11.8 Å². The fraction of sp³-hybridized carbons (Fsp3) is 0.286. The maximum absolute atomic E-state index is 13.7. The third-order valence-corrected chi connectivity index (χ3v) is 8.67. The molecule has 0 radical (unpaired) electrons. The van der Waals surface area contributed by atoms with Crippen LogP contribution in [0.3, 0.4) is 0 Å². The molecule has 1 aliphatic heterocycles. The number of hydrogen-bond acceptors (Lipinski definition) is 3. The van der Waals surface area contributed by atoms with Crippen molar-refractivity contribution in [3.63, 3.8) is 0 Å². The number of carbonyl (C=O) groups is 2. The Kier molecular flexibility index (Phi) is 6.76. The van der Waals surface area contributed by atoms with Crippen LogP contribution in [-0.4, -0.2) is 22.1 Å². The molecule has 3 aromatic rings. The highest BCUT2D eigenvalue weighted by atomic mass is 35.5. The van der Waals surface area contributed by atoms with Crippen LogP contribution in [0.2, 0.25) is 5.02 Å². The molecule has 3 aromatic carbocycles. The average Bonchev–Trinajstić information content (AvgIpc) is 2.95. The molecule has 0 saturated heterocycles. The first-order valence-corrected chi connectivity index (χ1v) is 13.5. The first-order chi connectivity index (χ1) is 16.9. The van der Waals surface area contributed by atoms with E-state index in [1.165, 1.54) is 6.42 Å². The van der Waals surface area contributed by atoms with Gasteiger partial charge in [0.2, 0.25) is 0 Å². The van der Waals surface area contributed by atoms with Crippen LogP contribution in [0, 0.1) is 5.92 Å². The van der Waals surface area contributed by atoms with E-state index in [1.54, 1.807) is 53.4 Å². The summed E-state index contributed by atoms with van der Waals surface area (Å²) < 4.78 is 13.6. The van der Waals surface area contributed by atoms with E-state index < -0.39 is 10.8 Å². The molecule has 2 aliphatic rings. The molecule has 7 heteroatoms. The highest BCUT2D eigenvalue weighted by Crippen LogP contribution is 2.36. The van der Waals surface area contributed by atoms with Crippen molar-refractivity contribution in [1.29, 1.82) is 0 Å². The number of rotatable bonds is 4. The third-order valence-electron chi connectivity index (χ3n) is 6.93. The zero-order valence-corrected chi connectivity index (χ0v) is 21.1. The van der Waals surface area contributed by atoms with Gasteiger partial charge in [0.1, 0.15) is 0 Å². The zero-order chi connectivity index (χ0) is 24.5. The number of amides is 2. The molecule has 3 atom stereocenters. The number of nitrogens with one attached hydrogen (secondary N) is 1. The van der Waals surface area contributed by atoms with Gasteiger partial charge in [-0.25, -0.2) is 4.21 Å². The van der Waals surface area contributed by atoms with Gasteiger partial charge in [-0.05, 0) is 66.8 Å². The van der Waals surface area contributed by atoms with E-state index in [-0.39, 0.29) is 24.4 Å². The summed E-state index contributed by atoms with van der Waals surface area (Å²) in [4.78, 5) is 29.5. The summed E-state index contributed by atoms with van der Waals surface area (Å²) >= 11 is 6.20. The van der Waals surface area contributed by atoms with Gasteiger partial charge in [0.05, 0.1) is 38.4 Å². The number of anilines is 1. The molecule has 0 spiro atoms. The Morgan fingerprint density at radius 2 is 1.83 bits per heavy atom. The summed E-state index contributed by atoms with van der Waals surface area (Å²) in [5.74, 6) is -0.00294. The molecule has 5 rings (SSSR count). The van der Waals surface area contributed by atoms with Crippen LogP contribution in [0.15, 0.2) is 76.5 Å². The van der Waals surface area contributed by atoms with Crippen molar-refractivity contribution in [1.82, 2.24) is 5.32 Å². The lowest BCUT2D eigenvalue weighted by molar-refractivity contribution is 0.0908. The average molecular weight is 507 g/mol. The molecule has 5 nitrogen and oxygen atoms in total. The second-order valence-corrected chi connectivity index (χ2v) is 11.2. The minimum Gasteiger partial charge on any atom is -0.349 e. The molecule has 0 bridgehead atoms. The van der Waals surface area contributed by atoms with Crippen LogP contribution in [0.1, 0.15) is 58.9 Å². The van der Waals surface area contributed by atoms with Crippen molar-refractivity contribution in [2.75, 3.05) is 4.90 Å². The minimum absolute atomic E-state index is 0.137. The van der Waals surface area contributed by atoms with Gasteiger partial charge in [0, 0.05) is 16.6 Å². The fourth-order valence-electron chi connectivity index (χ4n) is 4.96. The third kappa shape index (κ3) is 4.78. The highest BCUT2D eigenvalue weighted by molar-refractivity contribution is 7.85. The number of fused-ring (bicyclic) bond motifs is 2. The van der Waals surface area contributed by atoms with E-state index in [4.69, 9.17) is 11.6 Å². The van der Waals surface area contributed by atoms with Gasteiger partial charge < -0.3 is 10.2 Å². The molecule has 1 N–H and O–H groups in total. The van der Waals surface area contributed by atoms with Crippen molar-refractivity contribution in [3.8, 4) is 0 Å². The van der Waals surface area contributed by atoms with Gasteiger partial charge in [-0.2, -0.15) is 0 Å². The standard InChI is InChI=1S/C28H27ClN2O3S/c1-18-7-2-4-11-23(18)30-27(32)20-13-14-26-24(16-20)31(17-19-8-6-9-21(29)15-19)28(33)22-10-3-5-12-25(22)35(26)34/h3,5-6,8-10,12-16,18,23H,2,4,7,11,17H2,1H3,(H,30,32)/t18-,23-,35+/m1/s1. The van der Waals surface area contributed by atoms with Crippen LogP contribution >= 0.6 is 11.6 Å². The summed E-state index contributed by atoms with van der Waals surface area (Å²) in [7, 11) is -1.56. The van der Waals surface area contributed by atoms with Gasteiger partial charge in [-0.1, -0.05) is 55.6 Å². The maximum atomic E-state index is 13.7. The van der Waals surface area contributed by atoms with Crippen LogP contribution in [-0.2, 0) is 17.3 Å². The topological polar surface area (TPSA) is 66.5 Å². The Balaban J connectivity index is 1.56. The Labute approximate surface area is 212 Å². The van der Waals surface area contributed by atoms with Crippen molar-refractivity contribution in [2.24, 2.45) is 5.92 Å². The van der Waals surface area contributed by atoms with E-state index in [0.29, 0.717) is 37.5 Å². The number of halogens is 1. The molecule has 1 saturated carbocycles. The van der Waals surface area contributed by atoms with Crippen molar-refractivity contribution in [2.45, 2.75) is 55.0 Å². The summed E-state index contributed by atoms with van der Waals surface area (Å²) in [6.07, 6.45) is 4.38. The number of carbonyl (C=O) groups excluding carboxylic acids is 2. The van der Waals surface area contributed by atoms with Crippen molar-refractivity contribution >= 4 is 39.9 Å². The fourth-order valence-corrected chi connectivity index (χ4v) is 6.52. The molecule has 0 aromatic heterocycles. The summed E-state index contributed by atoms with van der Waals surface area (Å²) in [6.45, 7) is 2.41. The van der Waals surface area contributed by atoms with E-state index in [9.17, 15) is 13.8 Å². The lowest BCUT2D eigenvalue weighted by atomic mass is 9.86. The maximum Gasteiger partial charge on any atom is 0.259 e. The van der Waals surface area contributed by atoms with Gasteiger partial charge in [0.15, 0.2) is 0 Å². The monoisotopic (exact) mass is 506 g/mol. The predicted octanol–water partition coefficient (Wildman–Crippen LogP) is 5.98. The Bertz CT molecular complexity index is 1330. The highest BCUT2D eigenvalue weighted by Gasteiger charge is 2.32. The number of hydrogen-bond donors (Lipinski definition) is 1. The Morgan fingerprint density at radius 1 is 1.03 bits per heavy atom. The molecular weight excluding hydrogens is 480 g/mol. The van der Waals surface area contributed by atoms with Crippen molar-refractivity contribution in [3.05, 3.63) is 88.4 Å². The van der Waals surface area contributed by atoms with Crippen LogP contribution in [0.5, 0.6) is 0 Å². The van der Waals surface area contributed by atoms with Gasteiger partial charge in [-0.15, -0.1) is 0 Å². The van der Waals surface area contributed by atoms with Crippen LogP contribution in [0.4, 0.5) is 5.69 Å². The predicted molar refractivity (Wildman–Crippen MR) is 138 cm³/mol. The lowest BCUT2D eigenvalue weighted by Crippen LogP contribution is -2.41. The van der Waals surface area contributed by atoms with Crippen molar-refractivity contribution < 1.29 is 13.8 Å². The minimum atomic E-state index is -1.56. The summed E-state index contributed by atoms with van der Waals surface area (Å²) in [5.41, 5.74) is 2.17.